The standard InChI is InChI=1S/C9H12F4N2O3/c1-8(14,18-7(17)9(11,12)13)6(16)15-3-2-5(10)4-15/h5H,2-4,14H2,1H3/t5-,8+/m0/s1. The molecule has 0 aliphatic carbocycles. The van der Waals surface area contributed by atoms with Crippen LogP contribution in [0.3, 0.4) is 0 Å². The van der Waals surface area contributed by atoms with Crippen LogP contribution in [0.25, 0.3) is 0 Å². The smallest absolute Gasteiger partial charge is 0.428 e. The molecule has 0 aromatic heterocycles. The van der Waals surface area contributed by atoms with E-state index in [1.54, 1.807) is 0 Å². The lowest BCUT2D eigenvalue weighted by atomic mass is 10.2. The van der Waals surface area contributed by atoms with Gasteiger partial charge in [-0.05, 0) is 13.3 Å². The molecule has 1 aliphatic rings. The first-order valence-corrected chi connectivity index (χ1v) is 5.06. The number of hydrogen-bond donors (Lipinski definition) is 1. The highest BCUT2D eigenvalue weighted by atomic mass is 19.4. The number of nitrogens with two attached hydrogens (primary N) is 1. The Bertz CT molecular complexity index is 356. The minimum Gasteiger partial charge on any atom is -0.428 e. The lowest BCUT2D eigenvalue weighted by Crippen LogP contribution is -2.56. The van der Waals surface area contributed by atoms with Crippen molar-refractivity contribution in [3.63, 3.8) is 0 Å². The van der Waals surface area contributed by atoms with Crippen LogP contribution in [0.5, 0.6) is 0 Å². The normalized spacial score (nSPS) is 23.7. The minimum absolute atomic E-state index is 0.0242. The molecule has 0 unspecified atom stereocenters. The summed E-state index contributed by atoms with van der Waals surface area (Å²) >= 11 is 0. The number of rotatable bonds is 2. The molecule has 0 radical (unpaired) electrons. The molecule has 0 spiro atoms. The van der Waals surface area contributed by atoms with E-state index in [1.165, 1.54) is 0 Å². The number of halogens is 4. The lowest BCUT2D eigenvalue weighted by Gasteiger charge is -2.28. The molecule has 1 heterocycles. The fourth-order valence-electron chi connectivity index (χ4n) is 1.51. The zero-order valence-electron chi connectivity index (χ0n) is 9.46. The van der Waals surface area contributed by atoms with Crippen LogP contribution in [0.1, 0.15) is 13.3 Å². The average molecular weight is 272 g/mol. The van der Waals surface area contributed by atoms with Crippen LogP contribution in [-0.2, 0) is 14.3 Å². The van der Waals surface area contributed by atoms with Crippen molar-refractivity contribution in [1.29, 1.82) is 0 Å². The van der Waals surface area contributed by atoms with E-state index in [2.05, 4.69) is 4.74 Å². The molecule has 1 saturated heterocycles. The average Bonchev–Trinajstić information content (AvgIpc) is 2.61. The number of carbonyl (C=O) groups is 2. The zero-order chi connectivity index (χ0) is 14.1. The van der Waals surface area contributed by atoms with Crippen LogP contribution in [0.15, 0.2) is 0 Å². The summed E-state index contributed by atoms with van der Waals surface area (Å²) in [5.41, 5.74) is 2.76. The molecule has 2 atom stereocenters. The van der Waals surface area contributed by atoms with Crippen LogP contribution in [0.2, 0.25) is 0 Å². The largest absolute Gasteiger partial charge is 0.491 e. The van der Waals surface area contributed by atoms with Crippen molar-refractivity contribution < 1.29 is 31.9 Å². The number of hydrogen-bond acceptors (Lipinski definition) is 4. The molecule has 2 N–H and O–H groups in total. The summed E-state index contributed by atoms with van der Waals surface area (Å²) < 4.78 is 52.7. The van der Waals surface area contributed by atoms with E-state index in [-0.39, 0.29) is 19.5 Å². The Hall–Kier alpha value is -1.38. The number of likely N-dealkylation sites (tertiary alicyclic amines) is 1. The van der Waals surface area contributed by atoms with Crippen LogP contribution < -0.4 is 5.73 Å². The van der Waals surface area contributed by atoms with Gasteiger partial charge >= 0.3 is 12.1 Å². The number of ether oxygens (including phenoxy) is 1. The molecule has 1 rings (SSSR count). The minimum atomic E-state index is -5.24. The van der Waals surface area contributed by atoms with Gasteiger partial charge in [-0.15, -0.1) is 0 Å². The van der Waals surface area contributed by atoms with Gasteiger partial charge in [0.1, 0.15) is 6.17 Å². The first kappa shape index (κ1) is 14.7. The van der Waals surface area contributed by atoms with Crippen LogP contribution in [-0.4, -0.2) is 47.9 Å². The summed E-state index contributed by atoms with van der Waals surface area (Å²) in [5, 5.41) is 0. The van der Waals surface area contributed by atoms with E-state index in [0.29, 0.717) is 0 Å². The third-order valence-corrected chi connectivity index (χ3v) is 2.38. The maximum atomic E-state index is 12.9. The van der Waals surface area contributed by atoms with E-state index in [4.69, 9.17) is 5.73 Å². The highest BCUT2D eigenvalue weighted by Crippen LogP contribution is 2.22. The third kappa shape index (κ3) is 3.31. The van der Waals surface area contributed by atoms with Gasteiger partial charge in [-0.3, -0.25) is 10.5 Å². The molecule has 0 aromatic rings. The molecule has 1 aliphatic heterocycles. The maximum absolute atomic E-state index is 12.9. The Balaban J connectivity index is 2.68. The Kier molecular flexibility index (Phi) is 3.84. The van der Waals surface area contributed by atoms with E-state index in [1.807, 2.05) is 0 Å². The molecule has 0 bridgehead atoms. The molecule has 18 heavy (non-hydrogen) atoms. The van der Waals surface area contributed by atoms with E-state index >= 15 is 0 Å². The van der Waals surface area contributed by atoms with Crippen LogP contribution in [0.4, 0.5) is 17.6 Å². The Morgan fingerprint density at radius 1 is 1.39 bits per heavy atom. The van der Waals surface area contributed by atoms with Crippen molar-refractivity contribution in [2.75, 3.05) is 13.1 Å². The van der Waals surface area contributed by atoms with E-state index in [9.17, 15) is 27.2 Å². The van der Waals surface area contributed by atoms with Gasteiger partial charge in [0.05, 0.1) is 6.54 Å². The topological polar surface area (TPSA) is 72.6 Å². The number of amides is 1. The molecule has 9 heteroatoms. The van der Waals surface area contributed by atoms with Crippen molar-refractivity contribution in [3.05, 3.63) is 0 Å². The van der Waals surface area contributed by atoms with Crippen molar-refractivity contribution in [3.8, 4) is 0 Å². The summed E-state index contributed by atoms with van der Waals surface area (Å²) in [6.07, 6.45) is -6.41. The van der Waals surface area contributed by atoms with Gasteiger partial charge in [0.25, 0.3) is 5.91 Å². The fourth-order valence-corrected chi connectivity index (χ4v) is 1.51. The van der Waals surface area contributed by atoms with Crippen LogP contribution in [0, 0.1) is 0 Å². The predicted octanol–water partition coefficient (Wildman–Crippen LogP) is 0.337. The highest BCUT2D eigenvalue weighted by molar-refractivity contribution is 5.88. The summed E-state index contributed by atoms with van der Waals surface area (Å²) in [7, 11) is 0. The highest BCUT2D eigenvalue weighted by Gasteiger charge is 2.48. The monoisotopic (exact) mass is 272 g/mol. The summed E-state index contributed by atoms with van der Waals surface area (Å²) in [6, 6.07) is 0. The van der Waals surface area contributed by atoms with Gasteiger partial charge in [-0.2, -0.15) is 13.2 Å². The zero-order valence-corrected chi connectivity index (χ0v) is 9.46. The summed E-state index contributed by atoms with van der Waals surface area (Å²) in [5.74, 6) is -3.61. The van der Waals surface area contributed by atoms with Gasteiger partial charge in [0.2, 0.25) is 5.72 Å². The molecule has 1 fully saturated rings. The first-order chi connectivity index (χ1) is 8.04. The van der Waals surface area contributed by atoms with Gasteiger partial charge in [0.15, 0.2) is 0 Å². The first-order valence-electron chi connectivity index (χ1n) is 5.06. The maximum Gasteiger partial charge on any atom is 0.491 e. The second kappa shape index (κ2) is 4.71. The predicted molar refractivity (Wildman–Crippen MR) is 50.8 cm³/mol. The van der Waals surface area contributed by atoms with E-state index in [0.717, 1.165) is 11.8 Å². The second-order valence-corrected chi connectivity index (χ2v) is 4.13. The lowest BCUT2D eigenvalue weighted by molar-refractivity contribution is -0.214. The molecule has 104 valence electrons. The SMILES string of the molecule is C[C@@](N)(OC(=O)C(F)(F)F)C(=O)N1CC[C@H](F)C1. The third-order valence-electron chi connectivity index (χ3n) is 2.38. The number of nitrogens with zero attached hydrogens (tertiary/aromatic N) is 1. The Morgan fingerprint density at radius 2 is 1.94 bits per heavy atom. The fraction of sp³-hybridized carbons (Fsp3) is 0.778. The molecule has 1 amide bonds. The van der Waals surface area contributed by atoms with Crippen molar-refractivity contribution >= 4 is 11.9 Å². The Morgan fingerprint density at radius 3 is 2.33 bits per heavy atom. The molecule has 5 nitrogen and oxygen atoms in total. The number of esters is 1. The molecule has 0 aromatic carbocycles. The van der Waals surface area contributed by atoms with Crippen molar-refractivity contribution in [2.45, 2.75) is 31.4 Å². The van der Waals surface area contributed by atoms with Gasteiger partial charge in [0, 0.05) is 6.54 Å². The Labute approximate surface area is 99.9 Å². The molecular weight excluding hydrogens is 260 g/mol. The van der Waals surface area contributed by atoms with Gasteiger partial charge < -0.3 is 9.64 Å². The second-order valence-electron chi connectivity index (χ2n) is 4.13. The number of carbonyl (C=O) groups excluding carboxylic acids is 2. The van der Waals surface area contributed by atoms with Crippen LogP contribution >= 0.6 is 0 Å². The van der Waals surface area contributed by atoms with Crippen molar-refractivity contribution in [2.24, 2.45) is 5.73 Å². The summed E-state index contributed by atoms with van der Waals surface area (Å²) in [6.45, 7) is 0.579. The molecule has 0 saturated carbocycles. The van der Waals surface area contributed by atoms with E-state index < -0.39 is 29.9 Å². The van der Waals surface area contributed by atoms with Gasteiger partial charge in [-0.25, -0.2) is 9.18 Å². The van der Waals surface area contributed by atoms with Crippen molar-refractivity contribution in [1.82, 2.24) is 4.90 Å². The number of alkyl halides is 4. The summed E-state index contributed by atoms with van der Waals surface area (Å²) in [4.78, 5) is 23.2. The quantitative estimate of drug-likeness (QED) is 0.447. The molecular formula is C9H12F4N2O3. The van der Waals surface area contributed by atoms with Gasteiger partial charge in [-0.1, -0.05) is 0 Å².